The van der Waals surface area contributed by atoms with Gasteiger partial charge >= 0.3 is 0 Å². The fourth-order valence-electron chi connectivity index (χ4n) is 5.83. The lowest BCUT2D eigenvalue weighted by Gasteiger charge is -2.38. The van der Waals surface area contributed by atoms with Crippen molar-refractivity contribution in [2.24, 2.45) is 11.8 Å². The maximum absolute atomic E-state index is 6.15. The standard InChI is InChI=1S/C32H36N2O2/c1-23-7-6-9-25-20-34(22-36-31(23)25)29-17-13-27(14-18-29)32(2,3)26-11-15-28(16-12-26)33-19-24-8-4-5-10-30(24)35-21-33/h4-6,8-18,23-24,30H,7,19-22H2,1-3H3. The molecule has 0 amide bonds. The Morgan fingerprint density at radius 1 is 0.833 bits per heavy atom. The first-order chi connectivity index (χ1) is 17.5. The van der Waals surface area contributed by atoms with E-state index >= 15 is 0 Å². The third-order valence-corrected chi connectivity index (χ3v) is 8.26. The van der Waals surface area contributed by atoms with Gasteiger partial charge in [0.25, 0.3) is 0 Å². The van der Waals surface area contributed by atoms with Gasteiger partial charge < -0.3 is 19.3 Å². The maximum Gasteiger partial charge on any atom is 0.161 e. The van der Waals surface area contributed by atoms with Gasteiger partial charge in [-0.25, -0.2) is 0 Å². The summed E-state index contributed by atoms with van der Waals surface area (Å²) in [7, 11) is 0. The smallest absolute Gasteiger partial charge is 0.161 e. The Balaban J connectivity index is 1.14. The summed E-state index contributed by atoms with van der Waals surface area (Å²) in [6.45, 7) is 10.0. The van der Waals surface area contributed by atoms with Crippen molar-refractivity contribution in [1.82, 2.24) is 0 Å². The number of nitrogens with zero attached hydrogens (tertiary/aromatic N) is 2. The normalized spacial score (nSPS) is 25.5. The van der Waals surface area contributed by atoms with Gasteiger partial charge in [-0.15, -0.1) is 0 Å². The molecule has 0 bridgehead atoms. The molecule has 1 fully saturated rings. The van der Waals surface area contributed by atoms with Crippen LogP contribution in [0.25, 0.3) is 0 Å². The third-order valence-electron chi connectivity index (χ3n) is 8.26. The van der Waals surface area contributed by atoms with Gasteiger partial charge in [0, 0.05) is 47.3 Å². The van der Waals surface area contributed by atoms with E-state index in [4.69, 9.17) is 9.47 Å². The van der Waals surface area contributed by atoms with E-state index in [1.807, 2.05) is 0 Å². The van der Waals surface area contributed by atoms with Gasteiger partial charge in [-0.1, -0.05) is 81.5 Å². The number of hydrogen-bond acceptors (Lipinski definition) is 4. The molecule has 0 aromatic heterocycles. The van der Waals surface area contributed by atoms with Crippen molar-refractivity contribution in [3.05, 3.63) is 107 Å². The van der Waals surface area contributed by atoms with E-state index in [9.17, 15) is 0 Å². The number of ether oxygens (including phenoxy) is 2. The molecule has 4 heteroatoms. The van der Waals surface area contributed by atoms with Crippen molar-refractivity contribution in [2.45, 2.75) is 38.7 Å². The molecule has 4 aliphatic rings. The Kier molecular flexibility index (Phi) is 6.00. The Bertz CT molecular complexity index is 1220. The van der Waals surface area contributed by atoms with Crippen molar-refractivity contribution >= 4 is 11.4 Å². The van der Waals surface area contributed by atoms with Crippen LogP contribution in [-0.2, 0) is 14.9 Å². The minimum absolute atomic E-state index is 0.0902. The van der Waals surface area contributed by atoms with Crippen LogP contribution in [0.3, 0.4) is 0 Å². The largest absolute Gasteiger partial charge is 0.477 e. The predicted octanol–water partition coefficient (Wildman–Crippen LogP) is 6.56. The molecule has 2 heterocycles. The number of allylic oxidation sites excluding steroid dienone is 4. The second kappa shape index (κ2) is 9.33. The number of fused-ring (bicyclic) bond motifs is 1. The third kappa shape index (κ3) is 4.28. The van der Waals surface area contributed by atoms with Crippen molar-refractivity contribution < 1.29 is 9.47 Å². The molecule has 4 nitrogen and oxygen atoms in total. The highest BCUT2D eigenvalue weighted by Crippen LogP contribution is 2.36. The van der Waals surface area contributed by atoms with E-state index in [2.05, 4.69) is 116 Å². The van der Waals surface area contributed by atoms with Crippen LogP contribution in [0.4, 0.5) is 11.4 Å². The zero-order valence-electron chi connectivity index (χ0n) is 21.6. The van der Waals surface area contributed by atoms with Crippen LogP contribution in [-0.4, -0.2) is 32.7 Å². The van der Waals surface area contributed by atoms with Crippen LogP contribution in [0.5, 0.6) is 0 Å². The minimum Gasteiger partial charge on any atom is -0.477 e. The van der Waals surface area contributed by atoms with Gasteiger partial charge in [0.1, 0.15) is 12.5 Å². The van der Waals surface area contributed by atoms with Gasteiger partial charge in [0.15, 0.2) is 6.73 Å². The molecule has 0 radical (unpaired) electrons. The lowest BCUT2D eigenvalue weighted by atomic mass is 9.78. The molecule has 3 atom stereocenters. The summed E-state index contributed by atoms with van der Waals surface area (Å²) in [6.07, 6.45) is 14.4. The molecule has 0 spiro atoms. The summed E-state index contributed by atoms with van der Waals surface area (Å²) in [5.74, 6) is 2.09. The first kappa shape index (κ1) is 23.2. The van der Waals surface area contributed by atoms with Crippen molar-refractivity contribution in [1.29, 1.82) is 0 Å². The highest BCUT2D eigenvalue weighted by molar-refractivity contribution is 5.54. The molecular formula is C32H36N2O2. The lowest BCUT2D eigenvalue weighted by Crippen LogP contribution is -2.44. The summed E-state index contributed by atoms with van der Waals surface area (Å²) >= 11 is 0. The van der Waals surface area contributed by atoms with E-state index in [0.717, 1.165) is 19.5 Å². The monoisotopic (exact) mass is 480 g/mol. The zero-order valence-corrected chi connectivity index (χ0v) is 21.6. The zero-order chi connectivity index (χ0) is 24.7. The molecular weight excluding hydrogens is 444 g/mol. The first-order valence-corrected chi connectivity index (χ1v) is 13.2. The van der Waals surface area contributed by atoms with Crippen LogP contribution >= 0.6 is 0 Å². The Hall–Kier alpha value is -3.24. The van der Waals surface area contributed by atoms with E-state index in [-0.39, 0.29) is 11.5 Å². The fourth-order valence-corrected chi connectivity index (χ4v) is 5.83. The van der Waals surface area contributed by atoms with Crippen LogP contribution in [0.1, 0.15) is 38.3 Å². The molecule has 2 aromatic rings. The van der Waals surface area contributed by atoms with Gasteiger partial charge in [-0.2, -0.15) is 0 Å². The average molecular weight is 481 g/mol. The Morgan fingerprint density at radius 2 is 1.50 bits per heavy atom. The first-order valence-electron chi connectivity index (χ1n) is 13.2. The van der Waals surface area contributed by atoms with Gasteiger partial charge in [-0.3, -0.25) is 0 Å². The quantitative estimate of drug-likeness (QED) is 0.495. The SMILES string of the molecule is CC1CC=CC2=C1OCN(c1ccc(C(C)(C)c3ccc(N4COC5C=CC=CC5C4)cc3)cc1)C2. The van der Waals surface area contributed by atoms with Crippen molar-refractivity contribution in [3.8, 4) is 0 Å². The number of hydrogen-bond donors (Lipinski definition) is 0. The molecule has 2 aliphatic carbocycles. The highest BCUT2D eigenvalue weighted by atomic mass is 16.5. The predicted molar refractivity (Wildman–Crippen MR) is 147 cm³/mol. The highest BCUT2D eigenvalue weighted by Gasteiger charge is 2.29. The molecule has 3 unspecified atom stereocenters. The molecule has 6 rings (SSSR count). The summed E-state index contributed by atoms with van der Waals surface area (Å²) in [5, 5.41) is 0. The maximum atomic E-state index is 6.15. The lowest BCUT2D eigenvalue weighted by molar-refractivity contribution is 0.0300. The Labute approximate surface area is 215 Å². The Morgan fingerprint density at radius 3 is 2.22 bits per heavy atom. The van der Waals surface area contributed by atoms with Gasteiger partial charge in [0.2, 0.25) is 0 Å². The molecule has 0 saturated carbocycles. The average Bonchev–Trinajstić information content (AvgIpc) is 2.93. The van der Waals surface area contributed by atoms with Crippen LogP contribution in [0, 0.1) is 11.8 Å². The summed E-state index contributed by atoms with van der Waals surface area (Å²) < 4.78 is 12.2. The van der Waals surface area contributed by atoms with E-state index in [1.54, 1.807) is 0 Å². The van der Waals surface area contributed by atoms with Gasteiger partial charge in [0.05, 0.1) is 6.10 Å². The summed E-state index contributed by atoms with van der Waals surface area (Å²) in [4.78, 5) is 4.65. The molecule has 36 heavy (non-hydrogen) atoms. The van der Waals surface area contributed by atoms with E-state index in [0.29, 0.717) is 25.3 Å². The van der Waals surface area contributed by atoms with Crippen LogP contribution < -0.4 is 9.80 Å². The second-order valence-corrected chi connectivity index (χ2v) is 11.0. The number of benzene rings is 2. The molecule has 2 aromatic carbocycles. The number of anilines is 2. The van der Waals surface area contributed by atoms with Crippen LogP contribution in [0.15, 0.2) is 96.3 Å². The van der Waals surface area contributed by atoms with Crippen molar-refractivity contribution in [3.63, 3.8) is 0 Å². The fraction of sp³-hybridized carbons (Fsp3) is 0.375. The molecule has 1 saturated heterocycles. The number of rotatable bonds is 4. The molecule has 2 aliphatic heterocycles. The van der Waals surface area contributed by atoms with Gasteiger partial charge in [-0.05, 0) is 41.8 Å². The van der Waals surface area contributed by atoms with Crippen molar-refractivity contribution in [2.75, 3.05) is 36.4 Å². The van der Waals surface area contributed by atoms with E-state index < -0.39 is 0 Å². The second-order valence-electron chi connectivity index (χ2n) is 11.0. The molecule has 186 valence electrons. The minimum atomic E-state index is -0.0902. The molecule has 0 N–H and O–H groups in total. The summed E-state index contributed by atoms with van der Waals surface area (Å²) in [5.41, 5.74) is 6.27. The van der Waals surface area contributed by atoms with E-state index in [1.165, 1.54) is 33.8 Å². The topological polar surface area (TPSA) is 24.9 Å². The summed E-state index contributed by atoms with van der Waals surface area (Å²) in [6, 6.07) is 18.1. The van der Waals surface area contributed by atoms with Crippen LogP contribution in [0.2, 0.25) is 0 Å².